The molecule has 2 aromatic heterocycles. The molecule has 19 heavy (non-hydrogen) atoms. The molecule has 0 aromatic carbocycles. The van der Waals surface area contributed by atoms with Crippen molar-refractivity contribution >= 4 is 11.5 Å². The molecule has 7 nitrogen and oxygen atoms in total. The maximum atomic E-state index is 10.5. The molecule has 0 spiro atoms. The number of anilines is 1. The predicted molar refractivity (Wildman–Crippen MR) is 69.0 cm³/mol. The van der Waals surface area contributed by atoms with Gasteiger partial charge < -0.3 is 20.2 Å². The number of pyridine rings is 2. The van der Waals surface area contributed by atoms with Crippen LogP contribution in [0.25, 0.3) is 0 Å². The molecular weight excluding hydrogens is 248 g/mol. The lowest BCUT2D eigenvalue weighted by molar-refractivity contribution is -0.389. The molecule has 98 valence electrons. The molecule has 7 heteroatoms. The van der Waals surface area contributed by atoms with E-state index in [0.29, 0.717) is 18.1 Å². The highest BCUT2D eigenvalue weighted by molar-refractivity contribution is 5.44. The van der Waals surface area contributed by atoms with E-state index < -0.39 is 4.92 Å². The fourth-order valence-corrected chi connectivity index (χ4v) is 1.47. The Kier molecular flexibility index (Phi) is 3.87. The Morgan fingerprint density at radius 1 is 1.37 bits per heavy atom. The van der Waals surface area contributed by atoms with Crippen molar-refractivity contribution in [3.8, 4) is 5.88 Å². The van der Waals surface area contributed by atoms with Crippen LogP contribution in [-0.4, -0.2) is 22.0 Å². The van der Waals surface area contributed by atoms with Crippen LogP contribution in [0.4, 0.5) is 11.5 Å². The Bertz CT molecular complexity index is 571. The monoisotopic (exact) mass is 260 g/mol. The number of ether oxygens (including phenoxy) is 1. The summed E-state index contributed by atoms with van der Waals surface area (Å²) in [6, 6.07) is 6.64. The molecule has 0 bridgehead atoms. The van der Waals surface area contributed by atoms with Crippen LogP contribution in [-0.2, 0) is 6.54 Å². The predicted octanol–water partition coefficient (Wildman–Crippen LogP) is 2.01. The highest BCUT2D eigenvalue weighted by atomic mass is 16.6. The minimum atomic E-state index is -0.530. The molecule has 0 radical (unpaired) electrons. The van der Waals surface area contributed by atoms with E-state index >= 15 is 0 Å². The molecule has 2 heterocycles. The number of hydrogen-bond donors (Lipinski definition) is 1. The van der Waals surface area contributed by atoms with Crippen molar-refractivity contribution in [1.29, 1.82) is 0 Å². The number of aromatic nitrogens is 2. The number of hydrogen-bond acceptors (Lipinski definition) is 6. The topological polar surface area (TPSA) is 90.2 Å². The first-order valence-corrected chi connectivity index (χ1v) is 5.52. The van der Waals surface area contributed by atoms with Crippen LogP contribution < -0.4 is 10.1 Å². The standard InChI is InChI=1S/C12H12N4O3/c1-19-12-6-9(4-5-13-12)7-14-10-2-3-11(15-8-10)16(17)18/h2-6,8,14H,7H2,1H3. The molecule has 0 aliphatic rings. The van der Waals surface area contributed by atoms with Crippen LogP contribution in [0.5, 0.6) is 5.88 Å². The fraction of sp³-hybridized carbons (Fsp3) is 0.167. The number of nitrogens with one attached hydrogen (secondary N) is 1. The third kappa shape index (κ3) is 3.38. The van der Waals surface area contributed by atoms with Crippen LogP contribution in [0.2, 0.25) is 0 Å². The van der Waals surface area contributed by atoms with Crippen molar-refractivity contribution in [2.24, 2.45) is 0 Å². The van der Waals surface area contributed by atoms with Crippen LogP contribution >= 0.6 is 0 Å². The van der Waals surface area contributed by atoms with Gasteiger partial charge in [-0.25, -0.2) is 4.98 Å². The maximum absolute atomic E-state index is 10.5. The average Bonchev–Trinajstić information content (AvgIpc) is 2.46. The lowest BCUT2D eigenvalue weighted by atomic mass is 10.2. The normalized spacial score (nSPS) is 9.95. The van der Waals surface area contributed by atoms with Crippen LogP contribution in [0.3, 0.4) is 0 Å². The fourth-order valence-electron chi connectivity index (χ4n) is 1.47. The minimum Gasteiger partial charge on any atom is -0.481 e. The number of nitrogens with zero attached hydrogens (tertiary/aromatic N) is 3. The first kappa shape index (κ1) is 12.7. The quantitative estimate of drug-likeness (QED) is 0.653. The van der Waals surface area contributed by atoms with Crippen LogP contribution in [0, 0.1) is 10.1 Å². The van der Waals surface area contributed by atoms with Gasteiger partial charge in [0.1, 0.15) is 0 Å². The molecule has 0 saturated carbocycles. The molecule has 0 unspecified atom stereocenters. The van der Waals surface area contributed by atoms with Gasteiger partial charge in [-0.3, -0.25) is 0 Å². The SMILES string of the molecule is COc1cc(CNc2ccc([N+](=O)[O-])nc2)ccn1. The van der Waals surface area contributed by atoms with E-state index in [0.717, 1.165) is 5.56 Å². The third-order valence-electron chi connectivity index (χ3n) is 2.44. The molecule has 1 N–H and O–H groups in total. The molecule has 2 rings (SSSR count). The first-order valence-electron chi connectivity index (χ1n) is 5.52. The van der Waals surface area contributed by atoms with Crippen molar-refractivity contribution in [1.82, 2.24) is 9.97 Å². The number of nitro groups is 1. The molecule has 0 aliphatic carbocycles. The summed E-state index contributed by atoms with van der Waals surface area (Å²) in [5, 5.41) is 13.6. The van der Waals surface area contributed by atoms with Crippen molar-refractivity contribution in [2.45, 2.75) is 6.54 Å². The van der Waals surface area contributed by atoms with Crippen molar-refractivity contribution in [2.75, 3.05) is 12.4 Å². The summed E-state index contributed by atoms with van der Waals surface area (Å²) >= 11 is 0. The van der Waals surface area contributed by atoms with E-state index in [-0.39, 0.29) is 5.82 Å². The van der Waals surface area contributed by atoms with Gasteiger partial charge in [0.15, 0.2) is 6.20 Å². The van der Waals surface area contributed by atoms with Gasteiger partial charge in [-0.2, -0.15) is 0 Å². The van der Waals surface area contributed by atoms with Crippen LogP contribution in [0.15, 0.2) is 36.7 Å². The molecular formula is C12H12N4O3. The summed E-state index contributed by atoms with van der Waals surface area (Å²) in [5.41, 5.74) is 1.70. The first-order chi connectivity index (χ1) is 9.19. The number of rotatable bonds is 5. The van der Waals surface area contributed by atoms with Gasteiger partial charge >= 0.3 is 5.82 Å². The average molecular weight is 260 g/mol. The molecule has 0 atom stereocenters. The Labute approximate surface area is 109 Å². The maximum Gasteiger partial charge on any atom is 0.363 e. The second-order valence-corrected chi connectivity index (χ2v) is 3.72. The Balaban J connectivity index is 1.99. The summed E-state index contributed by atoms with van der Waals surface area (Å²) in [6.07, 6.45) is 3.08. The Morgan fingerprint density at radius 3 is 2.84 bits per heavy atom. The third-order valence-corrected chi connectivity index (χ3v) is 2.44. The van der Waals surface area contributed by atoms with Gasteiger partial charge in [0, 0.05) is 24.9 Å². The van der Waals surface area contributed by atoms with Gasteiger partial charge in [0.05, 0.1) is 12.8 Å². The van der Waals surface area contributed by atoms with Crippen LogP contribution in [0.1, 0.15) is 5.56 Å². The zero-order valence-electron chi connectivity index (χ0n) is 10.2. The summed E-state index contributed by atoms with van der Waals surface area (Å²) in [5.74, 6) is 0.372. The second kappa shape index (κ2) is 5.76. The summed E-state index contributed by atoms with van der Waals surface area (Å²) < 4.78 is 5.02. The Hall–Kier alpha value is -2.70. The van der Waals surface area contributed by atoms with Gasteiger partial charge in [0.25, 0.3) is 0 Å². The molecule has 0 aliphatic heterocycles. The zero-order valence-corrected chi connectivity index (χ0v) is 10.2. The van der Waals surface area contributed by atoms with Gasteiger partial charge in [-0.15, -0.1) is 0 Å². The van der Waals surface area contributed by atoms with E-state index in [9.17, 15) is 10.1 Å². The van der Waals surface area contributed by atoms with Gasteiger partial charge in [-0.1, -0.05) is 0 Å². The lowest BCUT2D eigenvalue weighted by Gasteiger charge is -2.06. The van der Waals surface area contributed by atoms with E-state index in [2.05, 4.69) is 15.3 Å². The zero-order chi connectivity index (χ0) is 13.7. The lowest BCUT2D eigenvalue weighted by Crippen LogP contribution is -2.01. The smallest absolute Gasteiger partial charge is 0.363 e. The Morgan fingerprint density at radius 2 is 2.21 bits per heavy atom. The van der Waals surface area contributed by atoms with Crippen molar-refractivity contribution in [3.05, 3.63) is 52.3 Å². The highest BCUT2D eigenvalue weighted by Crippen LogP contribution is 2.14. The van der Waals surface area contributed by atoms with E-state index in [1.54, 1.807) is 19.4 Å². The van der Waals surface area contributed by atoms with E-state index in [1.807, 2.05) is 12.1 Å². The van der Waals surface area contributed by atoms with E-state index in [1.165, 1.54) is 12.3 Å². The second-order valence-electron chi connectivity index (χ2n) is 3.72. The van der Waals surface area contributed by atoms with Crippen molar-refractivity contribution < 1.29 is 9.66 Å². The molecule has 2 aromatic rings. The summed E-state index contributed by atoms with van der Waals surface area (Å²) in [4.78, 5) is 17.7. The molecule has 0 amide bonds. The van der Waals surface area contributed by atoms with Gasteiger partial charge in [0.2, 0.25) is 5.88 Å². The van der Waals surface area contributed by atoms with E-state index in [4.69, 9.17) is 4.74 Å². The number of methoxy groups -OCH3 is 1. The summed E-state index contributed by atoms with van der Waals surface area (Å²) in [7, 11) is 1.56. The minimum absolute atomic E-state index is 0.170. The summed E-state index contributed by atoms with van der Waals surface area (Å²) in [6.45, 7) is 0.554. The van der Waals surface area contributed by atoms with Gasteiger partial charge in [-0.05, 0) is 27.6 Å². The largest absolute Gasteiger partial charge is 0.481 e. The van der Waals surface area contributed by atoms with Crippen molar-refractivity contribution in [3.63, 3.8) is 0 Å². The molecule has 0 fully saturated rings. The molecule has 0 saturated heterocycles. The highest BCUT2D eigenvalue weighted by Gasteiger charge is 2.06.